The molecule has 1 N–H and O–H groups in total. The fourth-order valence-corrected chi connectivity index (χ4v) is 2.39. The minimum absolute atomic E-state index is 0.137. The van der Waals surface area contributed by atoms with Crippen molar-refractivity contribution in [2.45, 2.75) is 20.3 Å². The monoisotopic (exact) mass is 297 g/mol. The van der Waals surface area contributed by atoms with E-state index in [1.54, 1.807) is 12.1 Å². The second kappa shape index (κ2) is 5.60. The molecule has 0 aliphatic heterocycles. The number of carbonyl (C=O) groups excluding carboxylic acids is 1. The highest BCUT2D eigenvalue weighted by Crippen LogP contribution is 2.15. The van der Waals surface area contributed by atoms with Crippen LogP contribution in [0, 0.1) is 19.7 Å². The Balaban J connectivity index is 1.77. The minimum Gasteiger partial charge on any atom is -0.324 e. The molecule has 0 unspecified atom stereocenters. The Bertz CT molecular complexity index is 854. The molecule has 3 rings (SSSR count). The maximum absolute atomic E-state index is 13.1. The molecular weight excluding hydrogens is 281 g/mol. The molecule has 2 aromatic heterocycles. The topological polar surface area (TPSA) is 46.4 Å². The quantitative estimate of drug-likeness (QED) is 0.806. The molecule has 0 fully saturated rings. The Morgan fingerprint density at radius 2 is 2.09 bits per heavy atom. The number of hydrogen-bond acceptors (Lipinski definition) is 2. The molecular formula is C17H16FN3O. The zero-order chi connectivity index (χ0) is 15.7. The van der Waals surface area contributed by atoms with Crippen LogP contribution < -0.4 is 5.32 Å². The lowest BCUT2D eigenvalue weighted by atomic mass is 10.1. The largest absolute Gasteiger partial charge is 0.324 e. The summed E-state index contributed by atoms with van der Waals surface area (Å²) in [6.45, 7) is 3.93. The van der Waals surface area contributed by atoms with E-state index in [-0.39, 0.29) is 18.1 Å². The van der Waals surface area contributed by atoms with Crippen LogP contribution in [0.5, 0.6) is 0 Å². The molecule has 5 heteroatoms. The van der Waals surface area contributed by atoms with Crippen molar-refractivity contribution in [2.75, 3.05) is 5.32 Å². The Labute approximate surface area is 127 Å². The maximum atomic E-state index is 13.1. The number of rotatable bonds is 3. The van der Waals surface area contributed by atoms with Gasteiger partial charge in [-0.05, 0) is 43.7 Å². The highest BCUT2D eigenvalue weighted by Gasteiger charge is 2.08. The number of amides is 1. The molecule has 0 bridgehead atoms. The van der Waals surface area contributed by atoms with E-state index in [0.29, 0.717) is 11.3 Å². The lowest BCUT2D eigenvalue weighted by Gasteiger charge is -2.07. The summed E-state index contributed by atoms with van der Waals surface area (Å²) < 4.78 is 15.1. The van der Waals surface area contributed by atoms with Crippen molar-refractivity contribution in [3.63, 3.8) is 0 Å². The van der Waals surface area contributed by atoms with Crippen LogP contribution in [0.15, 0.2) is 42.6 Å². The van der Waals surface area contributed by atoms with Crippen molar-refractivity contribution < 1.29 is 9.18 Å². The van der Waals surface area contributed by atoms with Gasteiger partial charge in [0.05, 0.1) is 17.8 Å². The summed E-state index contributed by atoms with van der Waals surface area (Å²) >= 11 is 0. The summed E-state index contributed by atoms with van der Waals surface area (Å²) in [7, 11) is 0. The third-order valence-electron chi connectivity index (χ3n) is 3.63. The molecule has 0 aliphatic rings. The number of aromatic nitrogens is 2. The van der Waals surface area contributed by atoms with Gasteiger partial charge in [-0.3, -0.25) is 4.79 Å². The van der Waals surface area contributed by atoms with Crippen LogP contribution in [0.1, 0.15) is 17.0 Å². The Morgan fingerprint density at radius 3 is 2.86 bits per heavy atom. The molecule has 0 aliphatic carbocycles. The number of pyridine rings is 1. The Kier molecular flexibility index (Phi) is 3.63. The first kappa shape index (κ1) is 14.3. The van der Waals surface area contributed by atoms with Crippen LogP contribution in [-0.2, 0) is 11.2 Å². The van der Waals surface area contributed by atoms with Crippen molar-refractivity contribution in [1.82, 2.24) is 9.38 Å². The summed E-state index contributed by atoms with van der Waals surface area (Å²) in [5.74, 6) is -0.518. The van der Waals surface area contributed by atoms with Gasteiger partial charge in [-0.15, -0.1) is 0 Å². The molecule has 0 spiro atoms. The van der Waals surface area contributed by atoms with Crippen LogP contribution in [0.3, 0.4) is 0 Å². The molecule has 0 saturated heterocycles. The number of halogens is 1. The van der Waals surface area contributed by atoms with Crippen molar-refractivity contribution in [3.05, 3.63) is 65.4 Å². The van der Waals surface area contributed by atoms with E-state index < -0.39 is 0 Å². The number of nitrogens with zero attached hydrogens (tertiary/aromatic N) is 2. The van der Waals surface area contributed by atoms with E-state index >= 15 is 0 Å². The number of carbonyl (C=O) groups is 1. The van der Waals surface area contributed by atoms with E-state index in [1.807, 2.05) is 36.6 Å². The fraction of sp³-hybridized carbons (Fsp3) is 0.176. The smallest absolute Gasteiger partial charge is 0.228 e. The van der Waals surface area contributed by atoms with E-state index in [4.69, 9.17) is 0 Å². The lowest BCUT2D eigenvalue weighted by Crippen LogP contribution is -2.14. The number of anilines is 1. The third kappa shape index (κ3) is 2.83. The van der Waals surface area contributed by atoms with Gasteiger partial charge >= 0.3 is 0 Å². The van der Waals surface area contributed by atoms with E-state index in [1.165, 1.54) is 12.1 Å². The van der Waals surface area contributed by atoms with Crippen LogP contribution in [0.4, 0.5) is 10.1 Å². The molecule has 3 aromatic rings. The first-order valence-electron chi connectivity index (χ1n) is 7.02. The zero-order valence-corrected chi connectivity index (χ0v) is 12.4. The molecule has 1 amide bonds. The lowest BCUT2D eigenvalue weighted by molar-refractivity contribution is -0.115. The predicted octanol–water partition coefficient (Wildman–Crippen LogP) is 3.27. The van der Waals surface area contributed by atoms with Crippen molar-refractivity contribution in [2.24, 2.45) is 0 Å². The van der Waals surface area contributed by atoms with Crippen LogP contribution in [0.25, 0.3) is 5.65 Å². The number of imidazole rings is 1. The maximum Gasteiger partial charge on any atom is 0.228 e. The summed E-state index contributed by atoms with van der Waals surface area (Å²) in [5, 5.41) is 2.83. The number of hydrogen-bond donors (Lipinski definition) is 1. The molecule has 2 heterocycles. The molecule has 22 heavy (non-hydrogen) atoms. The van der Waals surface area contributed by atoms with Crippen molar-refractivity contribution >= 4 is 17.2 Å². The number of fused-ring (bicyclic) bond motifs is 1. The number of aryl methyl sites for hydroxylation is 2. The van der Waals surface area contributed by atoms with Crippen molar-refractivity contribution in [1.29, 1.82) is 0 Å². The minimum atomic E-state index is -0.337. The SMILES string of the molecule is Cc1nc2ccc(NC(=O)Cc3cccc(F)c3)cn2c1C. The number of nitrogens with one attached hydrogen (secondary N) is 1. The van der Waals surface area contributed by atoms with Gasteiger partial charge in [0.1, 0.15) is 11.5 Å². The van der Waals surface area contributed by atoms with Crippen LogP contribution >= 0.6 is 0 Å². The Morgan fingerprint density at radius 1 is 1.27 bits per heavy atom. The Hall–Kier alpha value is -2.69. The normalized spacial score (nSPS) is 10.9. The fourth-order valence-electron chi connectivity index (χ4n) is 2.39. The van der Waals surface area contributed by atoms with Gasteiger partial charge < -0.3 is 9.72 Å². The second-order valence-corrected chi connectivity index (χ2v) is 5.28. The van der Waals surface area contributed by atoms with E-state index in [9.17, 15) is 9.18 Å². The second-order valence-electron chi connectivity index (χ2n) is 5.28. The molecule has 0 atom stereocenters. The van der Waals surface area contributed by atoms with Gasteiger partial charge in [-0.25, -0.2) is 9.37 Å². The summed E-state index contributed by atoms with van der Waals surface area (Å²) in [4.78, 5) is 16.5. The average Bonchev–Trinajstić information content (AvgIpc) is 2.74. The molecule has 112 valence electrons. The molecule has 1 aromatic carbocycles. The van der Waals surface area contributed by atoms with Gasteiger partial charge in [0.25, 0.3) is 0 Å². The molecule has 4 nitrogen and oxygen atoms in total. The first-order valence-corrected chi connectivity index (χ1v) is 7.02. The molecule has 0 radical (unpaired) electrons. The van der Waals surface area contributed by atoms with Gasteiger partial charge in [0.15, 0.2) is 0 Å². The highest BCUT2D eigenvalue weighted by atomic mass is 19.1. The first-order chi connectivity index (χ1) is 10.5. The van der Waals surface area contributed by atoms with Gasteiger partial charge in [0, 0.05) is 11.9 Å². The van der Waals surface area contributed by atoms with Gasteiger partial charge in [-0.1, -0.05) is 12.1 Å². The zero-order valence-electron chi connectivity index (χ0n) is 12.4. The average molecular weight is 297 g/mol. The van der Waals surface area contributed by atoms with E-state index in [0.717, 1.165) is 17.0 Å². The summed E-state index contributed by atoms with van der Waals surface area (Å²) in [5.41, 5.74) is 4.18. The van der Waals surface area contributed by atoms with Crippen molar-refractivity contribution in [3.8, 4) is 0 Å². The molecule has 0 saturated carbocycles. The standard InChI is InChI=1S/C17H16FN3O/c1-11-12(2)21-10-15(6-7-16(21)19-11)20-17(22)9-13-4-3-5-14(18)8-13/h3-8,10H,9H2,1-2H3,(H,20,22). The number of benzene rings is 1. The summed E-state index contributed by atoms with van der Waals surface area (Å²) in [6.07, 6.45) is 1.98. The summed E-state index contributed by atoms with van der Waals surface area (Å²) in [6, 6.07) is 9.73. The highest BCUT2D eigenvalue weighted by molar-refractivity contribution is 5.92. The third-order valence-corrected chi connectivity index (χ3v) is 3.63. The van der Waals surface area contributed by atoms with Gasteiger partial charge in [-0.2, -0.15) is 0 Å². The van der Waals surface area contributed by atoms with Crippen LogP contribution in [-0.4, -0.2) is 15.3 Å². The van der Waals surface area contributed by atoms with Crippen LogP contribution in [0.2, 0.25) is 0 Å². The predicted molar refractivity (Wildman–Crippen MR) is 83.4 cm³/mol. The van der Waals surface area contributed by atoms with E-state index in [2.05, 4.69) is 10.3 Å². The van der Waals surface area contributed by atoms with Gasteiger partial charge in [0.2, 0.25) is 5.91 Å².